The van der Waals surface area contributed by atoms with Crippen molar-refractivity contribution in [1.82, 2.24) is 20.0 Å². The van der Waals surface area contributed by atoms with Crippen molar-refractivity contribution < 1.29 is 4.79 Å². The number of carbonyl (C=O) groups excluding carboxylic acids is 1. The van der Waals surface area contributed by atoms with E-state index in [4.69, 9.17) is 0 Å². The predicted molar refractivity (Wildman–Crippen MR) is 91.4 cm³/mol. The molecule has 0 amide bonds. The molecule has 0 N–H and O–H groups in total. The van der Waals surface area contributed by atoms with Gasteiger partial charge < -0.3 is 0 Å². The summed E-state index contributed by atoms with van der Waals surface area (Å²) in [5, 5.41) is 9.28. The number of ketones is 1. The van der Waals surface area contributed by atoms with Gasteiger partial charge in [-0.25, -0.2) is 9.67 Å². The molecule has 118 valence electrons. The summed E-state index contributed by atoms with van der Waals surface area (Å²) in [6, 6.07) is 6.20. The van der Waals surface area contributed by atoms with Gasteiger partial charge in [0, 0.05) is 6.92 Å². The number of rotatable bonds is 3. The molecular formula is C17H18N4OS. The maximum absolute atomic E-state index is 11.6. The van der Waals surface area contributed by atoms with Crippen molar-refractivity contribution in [2.24, 2.45) is 0 Å². The fourth-order valence-corrected chi connectivity index (χ4v) is 3.45. The Morgan fingerprint density at radius 2 is 1.87 bits per heavy atom. The molecular weight excluding hydrogens is 308 g/mol. The highest BCUT2D eigenvalue weighted by Crippen LogP contribution is 2.29. The predicted octanol–water partition coefficient (Wildman–Crippen LogP) is 3.83. The van der Waals surface area contributed by atoms with Gasteiger partial charge in [-0.3, -0.25) is 4.79 Å². The smallest absolute Gasteiger partial charge is 0.171 e. The first kappa shape index (κ1) is 15.6. The number of carbonyl (C=O) groups is 1. The Morgan fingerprint density at radius 1 is 1.13 bits per heavy atom. The quantitative estimate of drug-likeness (QED) is 0.686. The molecule has 0 unspecified atom stereocenters. The van der Waals surface area contributed by atoms with E-state index in [0.717, 1.165) is 27.8 Å². The number of Topliss-reactive ketones (excluding diaryl/α,β-unsaturated/α-hetero) is 1. The number of thiazole rings is 1. The van der Waals surface area contributed by atoms with Crippen LogP contribution in [-0.2, 0) is 0 Å². The summed E-state index contributed by atoms with van der Waals surface area (Å²) < 4.78 is 1.81. The lowest BCUT2D eigenvalue weighted by Gasteiger charge is -2.06. The van der Waals surface area contributed by atoms with Crippen molar-refractivity contribution in [1.29, 1.82) is 0 Å². The zero-order chi connectivity index (χ0) is 16.7. The second kappa shape index (κ2) is 5.70. The lowest BCUT2D eigenvalue weighted by atomic mass is 10.1. The first-order valence-electron chi connectivity index (χ1n) is 7.37. The van der Waals surface area contributed by atoms with Gasteiger partial charge in [-0.15, -0.1) is 16.4 Å². The number of nitrogens with zero attached hydrogens (tertiary/aromatic N) is 4. The molecule has 2 aromatic heterocycles. The molecule has 0 aliphatic carbocycles. The molecule has 3 rings (SSSR count). The summed E-state index contributed by atoms with van der Waals surface area (Å²) in [6.07, 6.45) is 0. The third-order valence-corrected chi connectivity index (χ3v) is 5.21. The van der Waals surface area contributed by atoms with Crippen LogP contribution in [0.4, 0.5) is 0 Å². The summed E-state index contributed by atoms with van der Waals surface area (Å²) in [6.45, 7) is 9.54. The minimum absolute atomic E-state index is 0.0328. The van der Waals surface area contributed by atoms with Gasteiger partial charge in [-0.1, -0.05) is 11.3 Å². The Balaban J connectivity index is 2.07. The third kappa shape index (κ3) is 2.70. The highest BCUT2D eigenvalue weighted by Gasteiger charge is 2.19. The van der Waals surface area contributed by atoms with Gasteiger partial charge in [0.2, 0.25) is 0 Å². The minimum Gasteiger partial charge on any atom is -0.294 e. The Kier molecular flexibility index (Phi) is 3.85. The third-order valence-electron chi connectivity index (χ3n) is 3.95. The standard InChI is InChI=1S/C17H18N4OS/c1-9-6-7-14(8-10(9)2)21-12(4)15(19-20-21)17-18-11(3)16(23-17)13(5)22/h6-8H,1-5H3. The van der Waals surface area contributed by atoms with E-state index in [9.17, 15) is 4.79 Å². The summed E-state index contributed by atoms with van der Waals surface area (Å²) >= 11 is 1.37. The van der Waals surface area contributed by atoms with E-state index in [1.165, 1.54) is 22.5 Å². The SMILES string of the molecule is CC(=O)c1sc(-c2nnn(-c3ccc(C)c(C)c3)c2C)nc1C. The number of aryl methyl sites for hydroxylation is 3. The highest BCUT2D eigenvalue weighted by molar-refractivity contribution is 7.17. The lowest BCUT2D eigenvalue weighted by Crippen LogP contribution is -2.00. The summed E-state index contributed by atoms with van der Waals surface area (Å²) in [4.78, 5) is 16.8. The van der Waals surface area contributed by atoms with E-state index in [1.807, 2.05) is 24.6 Å². The summed E-state index contributed by atoms with van der Waals surface area (Å²) in [7, 11) is 0. The number of aromatic nitrogens is 4. The van der Waals surface area contributed by atoms with Crippen LogP contribution in [0.2, 0.25) is 0 Å². The molecule has 0 bridgehead atoms. The van der Waals surface area contributed by atoms with Gasteiger partial charge in [0.05, 0.1) is 22.0 Å². The monoisotopic (exact) mass is 326 g/mol. The molecule has 6 heteroatoms. The highest BCUT2D eigenvalue weighted by atomic mass is 32.1. The molecule has 0 aliphatic rings. The second-order valence-corrected chi connectivity index (χ2v) is 6.69. The van der Waals surface area contributed by atoms with E-state index in [0.29, 0.717) is 4.88 Å². The van der Waals surface area contributed by atoms with E-state index >= 15 is 0 Å². The van der Waals surface area contributed by atoms with Crippen molar-refractivity contribution >= 4 is 17.1 Å². The van der Waals surface area contributed by atoms with Crippen LogP contribution >= 0.6 is 11.3 Å². The summed E-state index contributed by atoms with van der Waals surface area (Å²) in [5.74, 6) is 0.0328. The van der Waals surface area contributed by atoms with Crippen molar-refractivity contribution in [3.8, 4) is 16.4 Å². The van der Waals surface area contributed by atoms with E-state index in [-0.39, 0.29) is 5.78 Å². The number of hydrogen-bond acceptors (Lipinski definition) is 5. The topological polar surface area (TPSA) is 60.7 Å². The van der Waals surface area contributed by atoms with Crippen LogP contribution < -0.4 is 0 Å². The lowest BCUT2D eigenvalue weighted by molar-refractivity contribution is 0.102. The molecule has 0 atom stereocenters. The average molecular weight is 326 g/mol. The summed E-state index contributed by atoms with van der Waals surface area (Å²) in [5.41, 5.74) is 5.82. The van der Waals surface area contributed by atoms with Gasteiger partial charge in [0.1, 0.15) is 10.7 Å². The van der Waals surface area contributed by atoms with Gasteiger partial charge in [0.15, 0.2) is 5.78 Å². The Bertz CT molecular complexity index is 907. The van der Waals surface area contributed by atoms with E-state index in [1.54, 1.807) is 6.92 Å². The zero-order valence-corrected chi connectivity index (χ0v) is 14.7. The first-order valence-corrected chi connectivity index (χ1v) is 8.18. The van der Waals surface area contributed by atoms with Crippen LogP contribution in [0.25, 0.3) is 16.4 Å². The van der Waals surface area contributed by atoms with Gasteiger partial charge in [-0.2, -0.15) is 0 Å². The molecule has 1 aromatic carbocycles. The van der Waals surface area contributed by atoms with Crippen LogP contribution in [0.15, 0.2) is 18.2 Å². The fourth-order valence-electron chi connectivity index (χ4n) is 2.45. The molecule has 2 heterocycles. The minimum atomic E-state index is 0.0328. The second-order valence-electron chi connectivity index (χ2n) is 5.69. The molecule has 0 aliphatic heterocycles. The molecule has 5 nitrogen and oxygen atoms in total. The van der Waals surface area contributed by atoms with Crippen LogP contribution in [0.5, 0.6) is 0 Å². The van der Waals surface area contributed by atoms with Gasteiger partial charge in [-0.05, 0) is 51.0 Å². The molecule has 0 fully saturated rings. The first-order chi connectivity index (χ1) is 10.9. The van der Waals surface area contributed by atoms with E-state index < -0.39 is 0 Å². The molecule has 3 aromatic rings. The maximum atomic E-state index is 11.6. The average Bonchev–Trinajstić information content (AvgIpc) is 3.05. The Labute approximate surface area is 139 Å². The van der Waals surface area contributed by atoms with Crippen molar-refractivity contribution in [3.05, 3.63) is 45.6 Å². The molecule has 23 heavy (non-hydrogen) atoms. The molecule has 0 saturated carbocycles. The number of hydrogen-bond donors (Lipinski definition) is 0. The van der Waals surface area contributed by atoms with Crippen molar-refractivity contribution in [3.63, 3.8) is 0 Å². The molecule has 0 radical (unpaired) electrons. The van der Waals surface area contributed by atoms with Crippen LogP contribution in [0, 0.1) is 27.7 Å². The molecule has 0 spiro atoms. The van der Waals surface area contributed by atoms with Crippen LogP contribution in [0.1, 0.15) is 39.1 Å². The normalized spacial score (nSPS) is 11.0. The maximum Gasteiger partial charge on any atom is 0.171 e. The van der Waals surface area contributed by atoms with E-state index in [2.05, 4.69) is 41.3 Å². The largest absolute Gasteiger partial charge is 0.294 e. The fraction of sp³-hybridized carbons (Fsp3) is 0.294. The zero-order valence-electron chi connectivity index (χ0n) is 13.8. The van der Waals surface area contributed by atoms with Gasteiger partial charge >= 0.3 is 0 Å². The Morgan fingerprint density at radius 3 is 2.48 bits per heavy atom. The van der Waals surface area contributed by atoms with Crippen molar-refractivity contribution in [2.75, 3.05) is 0 Å². The van der Waals surface area contributed by atoms with Crippen LogP contribution in [0.3, 0.4) is 0 Å². The molecule has 0 saturated heterocycles. The van der Waals surface area contributed by atoms with Crippen LogP contribution in [-0.4, -0.2) is 25.8 Å². The Hall–Kier alpha value is -2.34. The number of benzene rings is 1. The van der Waals surface area contributed by atoms with Gasteiger partial charge in [0.25, 0.3) is 0 Å². The van der Waals surface area contributed by atoms with Crippen molar-refractivity contribution in [2.45, 2.75) is 34.6 Å².